The highest BCUT2D eigenvalue weighted by Crippen LogP contribution is 2.00. The van der Waals surface area contributed by atoms with Gasteiger partial charge in [-0.2, -0.15) is 5.26 Å². The van der Waals surface area contributed by atoms with E-state index in [-0.39, 0.29) is 6.54 Å². The van der Waals surface area contributed by atoms with Crippen molar-refractivity contribution < 1.29 is 8.42 Å². The molecule has 76 valence electrons. The van der Waals surface area contributed by atoms with Crippen LogP contribution in [0.15, 0.2) is 18.5 Å². The third-order valence-electron chi connectivity index (χ3n) is 1.79. The molecule has 0 spiro atoms. The van der Waals surface area contributed by atoms with E-state index in [4.69, 9.17) is 5.26 Å². The summed E-state index contributed by atoms with van der Waals surface area (Å²) in [5.74, 6) is 0. The van der Waals surface area contributed by atoms with Crippen LogP contribution in [0.3, 0.4) is 0 Å². The molecule has 0 aromatic carbocycles. The number of nitrogens with zero attached hydrogens (tertiary/aromatic N) is 1. The molecule has 0 fully saturated rings. The average Bonchev–Trinajstić information content (AvgIpc) is 2.66. The first-order valence-electron chi connectivity index (χ1n) is 4.06. The summed E-state index contributed by atoms with van der Waals surface area (Å²) < 4.78 is 25.0. The van der Waals surface area contributed by atoms with Gasteiger partial charge < -0.3 is 4.98 Å². The minimum atomic E-state index is -3.51. The van der Waals surface area contributed by atoms with Crippen LogP contribution in [0.2, 0.25) is 0 Å². The molecule has 0 saturated carbocycles. The van der Waals surface area contributed by atoms with Crippen molar-refractivity contribution in [2.45, 2.75) is 18.7 Å². The molecule has 1 atom stereocenters. The van der Waals surface area contributed by atoms with Gasteiger partial charge in [0.25, 0.3) is 0 Å². The number of nitriles is 1. The molecule has 0 aliphatic carbocycles. The van der Waals surface area contributed by atoms with E-state index in [1.54, 1.807) is 24.5 Å². The van der Waals surface area contributed by atoms with Gasteiger partial charge in [0.05, 0.1) is 6.07 Å². The van der Waals surface area contributed by atoms with Crippen LogP contribution in [-0.4, -0.2) is 18.7 Å². The van der Waals surface area contributed by atoms with Crippen LogP contribution >= 0.6 is 0 Å². The number of rotatable bonds is 4. The van der Waals surface area contributed by atoms with E-state index in [2.05, 4.69) is 9.71 Å². The quantitative estimate of drug-likeness (QED) is 0.756. The van der Waals surface area contributed by atoms with E-state index in [1.807, 2.05) is 0 Å². The van der Waals surface area contributed by atoms with Crippen LogP contribution in [0, 0.1) is 11.3 Å². The van der Waals surface area contributed by atoms with Crippen LogP contribution < -0.4 is 4.72 Å². The summed E-state index contributed by atoms with van der Waals surface area (Å²) in [5.41, 5.74) is 0.832. The van der Waals surface area contributed by atoms with Gasteiger partial charge in [-0.1, -0.05) is 0 Å². The average molecular weight is 213 g/mol. The maximum Gasteiger partial charge on any atom is 0.227 e. The Morgan fingerprint density at radius 1 is 1.71 bits per heavy atom. The smallest absolute Gasteiger partial charge is 0.227 e. The zero-order valence-corrected chi connectivity index (χ0v) is 8.50. The largest absolute Gasteiger partial charge is 0.367 e. The van der Waals surface area contributed by atoms with Crippen molar-refractivity contribution in [1.82, 2.24) is 9.71 Å². The van der Waals surface area contributed by atoms with E-state index < -0.39 is 15.3 Å². The molecule has 0 amide bonds. The molecule has 1 unspecified atom stereocenters. The molecule has 2 N–H and O–H groups in total. The van der Waals surface area contributed by atoms with Crippen molar-refractivity contribution in [2.75, 3.05) is 0 Å². The van der Waals surface area contributed by atoms with Crippen molar-refractivity contribution >= 4 is 10.0 Å². The summed E-state index contributed by atoms with van der Waals surface area (Å²) in [6.45, 7) is 1.55. The lowest BCUT2D eigenvalue weighted by atomic mass is 10.4. The molecular formula is C8H11N3O2S. The summed E-state index contributed by atoms with van der Waals surface area (Å²) in [7, 11) is -3.51. The van der Waals surface area contributed by atoms with Crippen molar-refractivity contribution in [3.05, 3.63) is 24.0 Å². The molecule has 0 radical (unpaired) electrons. The predicted molar refractivity (Wildman–Crippen MR) is 51.6 cm³/mol. The molecule has 0 aliphatic heterocycles. The first-order chi connectivity index (χ1) is 6.56. The normalized spacial score (nSPS) is 13.4. The van der Waals surface area contributed by atoms with Gasteiger partial charge in [0, 0.05) is 18.9 Å². The highest BCUT2D eigenvalue weighted by atomic mass is 32.2. The van der Waals surface area contributed by atoms with Crippen molar-refractivity contribution in [1.29, 1.82) is 5.26 Å². The summed E-state index contributed by atoms with van der Waals surface area (Å²) in [6, 6.07) is 3.44. The van der Waals surface area contributed by atoms with E-state index in [1.165, 1.54) is 6.92 Å². The molecule has 1 heterocycles. The topological polar surface area (TPSA) is 85.8 Å². The molecular weight excluding hydrogens is 202 g/mol. The van der Waals surface area contributed by atoms with E-state index in [9.17, 15) is 8.42 Å². The van der Waals surface area contributed by atoms with Crippen molar-refractivity contribution in [3.8, 4) is 6.07 Å². The number of aromatic nitrogens is 1. The Hall–Kier alpha value is -1.32. The first kappa shape index (κ1) is 10.8. The number of nitrogens with one attached hydrogen (secondary N) is 2. The molecule has 6 heteroatoms. The lowest BCUT2D eigenvalue weighted by molar-refractivity contribution is 0.577. The number of sulfonamides is 1. The third kappa shape index (κ3) is 2.58. The third-order valence-corrected chi connectivity index (χ3v) is 3.37. The lowest BCUT2D eigenvalue weighted by Gasteiger charge is -2.06. The molecule has 1 aromatic rings. The number of H-pyrrole nitrogens is 1. The zero-order chi connectivity index (χ0) is 10.6. The van der Waals surface area contributed by atoms with E-state index in [0.717, 1.165) is 5.56 Å². The Morgan fingerprint density at radius 3 is 2.93 bits per heavy atom. The van der Waals surface area contributed by atoms with Gasteiger partial charge in [0.2, 0.25) is 10.0 Å². The molecule has 1 rings (SSSR count). The number of aromatic amines is 1. The molecule has 5 nitrogen and oxygen atoms in total. The van der Waals surface area contributed by atoms with Crippen molar-refractivity contribution in [3.63, 3.8) is 0 Å². The summed E-state index contributed by atoms with van der Waals surface area (Å²) in [5, 5.41) is 7.43. The van der Waals surface area contributed by atoms with Gasteiger partial charge in [0.15, 0.2) is 5.25 Å². The van der Waals surface area contributed by atoms with Gasteiger partial charge >= 0.3 is 0 Å². The first-order valence-corrected chi connectivity index (χ1v) is 5.60. The minimum Gasteiger partial charge on any atom is -0.367 e. The van der Waals surface area contributed by atoms with E-state index in [0.29, 0.717) is 0 Å². The zero-order valence-electron chi connectivity index (χ0n) is 7.69. The Balaban J connectivity index is 2.58. The molecule has 14 heavy (non-hydrogen) atoms. The van der Waals surface area contributed by atoms with Crippen LogP contribution in [-0.2, 0) is 16.6 Å². The Kier molecular flexibility index (Phi) is 3.28. The molecule has 0 bridgehead atoms. The van der Waals surface area contributed by atoms with Crippen LogP contribution in [0.1, 0.15) is 12.5 Å². The van der Waals surface area contributed by atoms with Gasteiger partial charge in [-0.15, -0.1) is 0 Å². The summed E-state index contributed by atoms with van der Waals surface area (Å²) >= 11 is 0. The number of hydrogen-bond donors (Lipinski definition) is 2. The van der Waals surface area contributed by atoms with Crippen LogP contribution in [0.5, 0.6) is 0 Å². The Bertz CT molecular complexity index is 416. The van der Waals surface area contributed by atoms with Gasteiger partial charge in [0.1, 0.15) is 0 Å². The highest BCUT2D eigenvalue weighted by Gasteiger charge is 2.19. The fraction of sp³-hybridized carbons (Fsp3) is 0.375. The maximum atomic E-state index is 11.3. The lowest BCUT2D eigenvalue weighted by Crippen LogP contribution is -2.31. The molecule has 0 aliphatic rings. The van der Waals surface area contributed by atoms with Crippen LogP contribution in [0.25, 0.3) is 0 Å². The summed E-state index contributed by atoms with van der Waals surface area (Å²) in [6.07, 6.45) is 3.40. The summed E-state index contributed by atoms with van der Waals surface area (Å²) in [4.78, 5) is 2.81. The van der Waals surface area contributed by atoms with Crippen LogP contribution in [0.4, 0.5) is 0 Å². The maximum absolute atomic E-state index is 11.3. The Labute approximate surface area is 82.8 Å². The van der Waals surface area contributed by atoms with Gasteiger partial charge in [-0.05, 0) is 18.6 Å². The fourth-order valence-corrected chi connectivity index (χ4v) is 1.60. The second-order valence-corrected chi connectivity index (χ2v) is 4.94. The standard InChI is InChI=1S/C8H11N3O2S/c1-7(4-9)14(12,13)11-6-8-2-3-10-5-8/h2-3,5,7,10-11H,6H2,1H3. The predicted octanol–water partition coefficient (Wildman–Crippen LogP) is 0.346. The molecule has 1 aromatic heterocycles. The number of hydrogen-bond acceptors (Lipinski definition) is 3. The molecule has 0 saturated heterocycles. The SMILES string of the molecule is CC(C#N)S(=O)(=O)NCc1cc[nH]c1. The fourth-order valence-electron chi connectivity index (χ4n) is 0.847. The second-order valence-electron chi connectivity index (χ2n) is 2.86. The van der Waals surface area contributed by atoms with E-state index >= 15 is 0 Å². The van der Waals surface area contributed by atoms with Gasteiger partial charge in [-0.25, -0.2) is 13.1 Å². The van der Waals surface area contributed by atoms with Crippen molar-refractivity contribution in [2.24, 2.45) is 0 Å². The Morgan fingerprint density at radius 2 is 2.43 bits per heavy atom. The minimum absolute atomic E-state index is 0.206. The monoisotopic (exact) mass is 213 g/mol. The highest BCUT2D eigenvalue weighted by molar-refractivity contribution is 7.90. The second kappa shape index (κ2) is 4.26. The van der Waals surface area contributed by atoms with Gasteiger partial charge in [-0.3, -0.25) is 0 Å².